The molecule has 1 saturated carbocycles. The van der Waals surface area contributed by atoms with E-state index in [0.29, 0.717) is 0 Å². The molecular weight excluding hydrogens is 208 g/mol. The molecule has 2 fully saturated rings. The van der Waals surface area contributed by atoms with E-state index in [-0.39, 0.29) is 0 Å². The number of hydrogen-bond acceptors (Lipinski definition) is 2. The van der Waals surface area contributed by atoms with Crippen molar-refractivity contribution in [1.29, 1.82) is 0 Å². The summed E-state index contributed by atoms with van der Waals surface area (Å²) < 4.78 is 0. The molecule has 1 aliphatic heterocycles. The highest BCUT2D eigenvalue weighted by Gasteiger charge is 2.25. The van der Waals surface area contributed by atoms with Gasteiger partial charge >= 0.3 is 0 Å². The zero-order chi connectivity index (χ0) is 12.3. The molecule has 0 aromatic heterocycles. The van der Waals surface area contributed by atoms with E-state index in [1.807, 2.05) is 0 Å². The van der Waals surface area contributed by atoms with Crippen molar-refractivity contribution in [2.24, 2.45) is 11.8 Å². The summed E-state index contributed by atoms with van der Waals surface area (Å²) in [5.41, 5.74) is 0. The SMILES string of the molecule is CC1CCCC(CNC2CCN(C(C)C)C2)C1. The van der Waals surface area contributed by atoms with Crippen molar-refractivity contribution in [3.8, 4) is 0 Å². The number of likely N-dealkylation sites (tertiary alicyclic amines) is 1. The predicted molar refractivity (Wildman–Crippen MR) is 74.2 cm³/mol. The molecule has 2 aliphatic rings. The van der Waals surface area contributed by atoms with Crippen molar-refractivity contribution < 1.29 is 0 Å². The Hall–Kier alpha value is -0.0800. The highest BCUT2D eigenvalue weighted by Crippen LogP contribution is 2.28. The van der Waals surface area contributed by atoms with Crippen LogP contribution in [-0.2, 0) is 0 Å². The van der Waals surface area contributed by atoms with Crippen LogP contribution in [0.5, 0.6) is 0 Å². The predicted octanol–water partition coefficient (Wildman–Crippen LogP) is 2.89. The molecule has 0 aromatic carbocycles. The molecule has 2 nitrogen and oxygen atoms in total. The van der Waals surface area contributed by atoms with Gasteiger partial charge in [0, 0.05) is 18.6 Å². The van der Waals surface area contributed by atoms with E-state index in [4.69, 9.17) is 0 Å². The Morgan fingerprint density at radius 2 is 2.06 bits per heavy atom. The first-order valence-electron chi connectivity index (χ1n) is 7.62. The van der Waals surface area contributed by atoms with Gasteiger partial charge in [-0.25, -0.2) is 0 Å². The quantitative estimate of drug-likeness (QED) is 0.810. The average Bonchev–Trinajstić information content (AvgIpc) is 2.75. The number of nitrogens with zero attached hydrogens (tertiary/aromatic N) is 1. The minimum absolute atomic E-state index is 0.719. The smallest absolute Gasteiger partial charge is 0.0207 e. The van der Waals surface area contributed by atoms with Gasteiger partial charge in [-0.3, -0.25) is 4.90 Å². The highest BCUT2D eigenvalue weighted by molar-refractivity contribution is 4.84. The van der Waals surface area contributed by atoms with Gasteiger partial charge in [-0.15, -0.1) is 0 Å². The van der Waals surface area contributed by atoms with E-state index in [2.05, 4.69) is 31.0 Å². The molecule has 100 valence electrons. The van der Waals surface area contributed by atoms with Gasteiger partial charge in [-0.1, -0.05) is 19.8 Å². The Bertz CT molecular complexity index is 227. The zero-order valence-electron chi connectivity index (χ0n) is 11.9. The van der Waals surface area contributed by atoms with Crippen molar-refractivity contribution in [2.75, 3.05) is 19.6 Å². The van der Waals surface area contributed by atoms with Crippen LogP contribution in [0.3, 0.4) is 0 Å². The lowest BCUT2D eigenvalue weighted by molar-refractivity contribution is 0.251. The lowest BCUT2D eigenvalue weighted by Crippen LogP contribution is -2.38. The third kappa shape index (κ3) is 3.96. The van der Waals surface area contributed by atoms with Crippen molar-refractivity contribution >= 4 is 0 Å². The maximum absolute atomic E-state index is 3.82. The first-order chi connectivity index (χ1) is 8.15. The molecule has 0 spiro atoms. The second-order valence-corrected chi connectivity index (χ2v) is 6.62. The first kappa shape index (κ1) is 13.4. The second kappa shape index (κ2) is 6.19. The third-order valence-electron chi connectivity index (χ3n) is 4.69. The monoisotopic (exact) mass is 238 g/mol. The fraction of sp³-hybridized carbons (Fsp3) is 1.00. The van der Waals surface area contributed by atoms with Crippen molar-refractivity contribution in [1.82, 2.24) is 10.2 Å². The molecule has 2 rings (SSSR count). The topological polar surface area (TPSA) is 15.3 Å². The minimum atomic E-state index is 0.719. The molecule has 1 aliphatic carbocycles. The van der Waals surface area contributed by atoms with Gasteiger partial charge in [0.15, 0.2) is 0 Å². The van der Waals surface area contributed by atoms with E-state index < -0.39 is 0 Å². The van der Waals surface area contributed by atoms with Crippen LogP contribution in [0.25, 0.3) is 0 Å². The summed E-state index contributed by atoms with van der Waals surface area (Å²) in [5.74, 6) is 1.91. The number of hydrogen-bond donors (Lipinski definition) is 1. The molecule has 1 heterocycles. The van der Waals surface area contributed by atoms with Gasteiger partial charge in [-0.2, -0.15) is 0 Å². The van der Waals surface area contributed by atoms with E-state index in [1.54, 1.807) is 0 Å². The molecule has 0 bridgehead atoms. The summed E-state index contributed by atoms with van der Waals surface area (Å²) in [4.78, 5) is 2.60. The molecule has 17 heavy (non-hydrogen) atoms. The van der Waals surface area contributed by atoms with Crippen LogP contribution in [-0.4, -0.2) is 36.6 Å². The molecule has 1 N–H and O–H groups in total. The van der Waals surface area contributed by atoms with E-state index in [9.17, 15) is 0 Å². The van der Waals surface area contributed by atoms with E-state index in [0.717, 1.165) is 23.9 Å². The summed E-state index contributed by atoms with van der Waals surface area (Å²) >= 11 is 0. The summed E-state index contributed by atoms with van der Waals surface area (Å²) in [7, 11) is 0. The van der Waals surface area contributed by atoms with Gasteiger partial charge in [0.1, 0.15) is 0 Å². The number of nitrogens with one attached hydrogen (secondary N) is 1. The van der Waals surface area contributed by atoms with Crippen LogP contribution in [0.4, 0.5) is 0 Å². The van der Waals surface area contributed by atoms with Gasteiger partial charge in [0.25, 0.3) is 0 Å². The largest absolute Gasteiger partial charge is 0.312 e. The standard InChI is InChI=1S/C15H30N2/c1-12(2)17-8-7-15(11-17)16-10-14-6-4-5-13(3)9-14/h12-16H,4-11H2,1-3H3. The van der Waals surface area contributed by atoms with E-state index in [1.165, 1.54) is 51.7 Å². The van der Waals surface area contributed by atoms with Crippen LogP contribution >= 0.6 is 0 Å². The normalized spacial score (nSPS) is 35.6. The Kier molecular flexibility index (Phi) is 4.87. The maximum Gasteiger partial charge on any atom is 0.0207 e. The van der Waals surface area contributed by atoms with Crippen LogP contribution in [0.1, 0.15) is 52.9 Å². The molecule has 3 atom stereocenters. The van der Waals surface area contributed by atoms with Crippen LogP contribution in [0.2, 0.25) is 0 Å². The zero-order valence-corrected chi connectivity index (χ0v) is 11.9. The maximum atomic E-state index is 3.82. The minimum Gasteiger partial charge on any atom is -0.312 e. The molecule has 0 amide bonds. The Morgan fingerprint density at radius 3 is 2.71 bits per heavy atom. The van der Waals surface area contributed by atoms with Crippen LogP contribution in [0.15, 0.2) is 0 Å². The lowest BCUT2D eigenvalue weighted by atomic mass is 9.82. The summed E-state index contributed by atoms with van der Waals surface area (Å²) in [6.45, 7) is 10.9. The molecule has 0 aromatic rings. The third-order valence-corrected chi connectivity index (χ3v) is 4.69. The van der Waals surface area contributed by atoms with Gasteiger partial charge in [0.2, 0.25) is 0 Å². The average molecular weight is 238 g/mol. The second-order valence-electron chi connectivity index (χ2n) is 6.62. The molecule has 0 radical (unpaired) electrons. The van der Waals surface area contributed by atoms with Crippen LogP contribution < -0.4 is 5.32 Å². The van der Waals surface area contributed by atoms with Crippen molar-refractivity contribution in [2.45, 2.75) is 65.0 Å². The fourth-order valence-electron chi connectivity index (χ4n) is 3.50. The summed E-state index contributed by atoms with van der Waals surface area (Å²) in [6.07, 6.45) is 7.17. The Morgan fingerprint density at radius 1 is 1.24 bits per heavy atom. The molecule has 2 heteroatoms. The number of rotatable bonds is 4. The lowest BCUT2D eigenvalue weighted by Gasteiger charge is -2.28. The molecule has 3 unspecified atom stereocenters. The van der Waals surface area contributed by atoms with Gasteiger partial charge < -0.3 is 5.32 Å². The van der Waals surface area contributed by atoms with Gasteiger partial charge in [0.05, 0.1) is 0 Å². The molecule has 1 saturated heterocycles. The van der Waals surface area contributed by atoms with Crippen molar-refractivity contribution in [3.05, 3.63) is 0 Å². The Labute approximate surface area is 107 Å². The van der Waals surface area contributed by atoms with Crippen LogP contribution in [0, 0.1) is 11.8 Å². The molecular formula is C15H30N2. The van der Waals surface area contributed by atoms with Crippen molar-refractivity contribution in [3.63, 3.8) is 0 Å². The Balaban J connectivity index is 1.65. The highest BCUT2D eigenvalue weighted by atomic mass is 15.2. The summed E-state index contributed by atoms with van der Waals surface area (Å²) in [6, 6.07) is 1.48. The van der Waals surface area contributed by atoms with Gasteiger partial charge in [-0.05, 0) is 58.0 Å². The first-order valence-corrected chi connectivity index (χ1v) is 7.62. The fourth-order valence-corrected chi connectivity index (χ4v) is 3.50. The van der Waals surface area contributed by atoms with E-state index >= 15 is 0 Å². The summed E-state index contributed by atoms with van der Waals surface area (Å²) in [5, 5.41) is 3.82.